The molecule has 0 unspecified atom stereocenters. The second kappa shape index (κ2) is 14.1. The first-order chi connectivity index (χ1) is 20.2. The standard InChI is InChI=1S/C32H38F3N3O4S/c1-6-24(5)36-31(40)29(7-2)37(20-25-11-8-10-23(4)18-25)30(39)21-38(27-13-9-12-26(19-27)32(33,34)35)43(41,42)28-16-14-22(3)15-17-28/h8-19,24,29H,6-7,20-21H2,1-5H3,(H,36,40)/t24-,29-/m1/s1. The van der Waals surface area contributed by atoms with Crippen molar-refractivity contribution in [1.82, 2.24) is 10.2 Å². The summed E-state index contributed by atoms with van der Waals surface area (Å²) >= 11 is 0. The van der Waals surface area contributed by atoms with Crippen LogP contribution in [0, 0.1) is 13.8 Å². The summed E-state index contributed by atoms with van der Waals surface area (Å²) in [5.41, 5.74) is 1.04. The van der Waals surface area contributed by atoms with Gasteiger partial charge >= 0.3 is 6.18 Å². The van der Waals surface area contributed by atoms with E-state index in [1.165, 1.54) is 23.1 Å². The summed E-state index contributed by atoms with van der Waals surface area (Å²) in [7, 11) is -4.50. The maximum atomic E-state index is 14.1. The number of rotatable bonds is 12. The van der Waals surface area contributed by atoms with Crippen LogP contribution in [0.15, 0.2) is 77.7 Å². The molecule has 0 aliphatic rings. The molecule has 0 aliphatic carbocycles. The molecule has 0 saturated heterocycles. The van der Waals surface area contributed by atoms with Gasteiger partial charge in [0.1, 0.15) is 12.6 Å². The molecular weight excluding hydrogens is 579 g/mol. The number of amides is 2. The number of carbonyl (C=O) groups is 2. The highest BCUT2D eigenvalue weighted by molar-refractivity contribution is 7.92. The molecule has 3 aromatic rings. The molecule has 232 valence electrons. The Hall–Kier alpha value is -3.86. The fraction of sp³-hybridized carbons (Fsp3) is 0.375. The van der Waals surface area contributed by atoms with Gasteiger partial charge in [-0.2, -0.15) is 13.2 Å². The minimum Gasteiger partial charge on any atom is -0.352 e. The summed E-state index contributed by atoms with van der Waals surface area (Å²) in [5, 5.41) is 2.89. The first-order valence-electron chi connectivity index (χ1n) is 14.1. The second-order valence-corrected chi connectivity index (χ2v) is 12.5. The fourth-order valence-corrected chi connectivity index (χ4v) is 5.98. The minimum absolute atomic E-state index is 0.00600. The third-order valence-electron chi connectivity index (χ3n) is 7.17. The first-order valence-corrected chi connectivity index (χ1v) is 15.5. The van der Waals surface area contributed by atoms with Gasteiger partial charge < -0.3 is 10.2 Å². The number of alkyl halides is 3. The van der Waals surface area contributed by atoms with E-state index in [0.717, 1.165) is 28.8 Å². The van der Waals surface area contributed by atoms with E-state index in [4.69, 9.17) is 0 Å². The van der Waals surface area contributed by atoms with Gasteiger partial charge in [0.2, 0.25) is 11.8 Å². The Balaban J connectivity index is 2.12. The lowest BCUT2D eigenvalue weighted by molar-refractivity contribution is -0.140. The maximum Gasteiger partial charge on any atom is 0.416 e. The summed E-state index contributed by atoms with van der Waals surface area (Å²) in [5.74, 6) is -1.13. The monoisotopic (exact) mass is 617 g/mol. The molecule has 2 amide bonds. The van der Waals surface area contributed by atoms with Crippen molar-refractivity contribution >= 4 is 27.5 Å². The number of halogens is 3. The molecule has 1 N–H and O–H groups in total. The van der Waals surface area contributed by atoms with Crippen molar-refractivity contribution < 1.29 is 31.2 Å². The number of carbonyl (C=O) groups excluding carboxylic acids is 2. The number of aryl methyl sites for hydroxylation is 2. The largest absolute Gasteiger partial charge is 0.416 e. The predicted molar refractivity (Wildman–Crippen MR) is 161 cm³/mol. The summed E-state index contributed by atoms with van der Waals surface area (Å²) in [6.45, 7) is 8.30. The SMILES string of the molecule is CC[C@@H](C)NC(=O)[C@@H](CC)N(Cc1cccc(C)c1)C(=O)CN(c1cccc(C(F)(F)F)c1)S(=O)(=O)c1ccc(C)cc1. The van der Waals surface area contributed by atoms with Gasteiger partial charge in [0.05, 0.1) is 16.1 Å². The topological polar surface area (TPSA) is 86.8 Å². The van der Waals surface area contributed by atoms with E-state index >= 15 is 0 Å². The van der Waals surface area contributed by atoms with E-state index in [1.54, 1.807) is 32.0 Å². The molecular formula is C32H38F3N3O4S. The molecule has 0 aliphatic heterocycles. The second-order valence-electron chi connectivity index (χ2n) is 10.6. The molecule has 2 atom stereocenters. The van der Waals surface area contributed by atoms with Crippen LogP contribution in [0.3, 0.4) is 0 Å². The Labute approximate surface area is 251 Å². The lowest BCUT2D eigenvalue weighted by Crippen LogP contribution is -2.53. The van der Waals surface area contributed by atoms with Crippen LogP contribution < -0.4 is 9.62 Å². The molecule has 43 heavy (non-hydrogen) atoms. The Kier molecular flexibility index (Phi) is 11.0. The molecule has 0 bridgehead atoms. The third-order valence-corrected chi connectivity index (χ3v) is 8.96. The van der Waals surface area contributed by atoms with Crippen molar-refractivity contribution in [3.8, 4) is 0 Å². The number of anilines is 1. The van der Waals surface area contributed by atoms with E-state index in [2.05, 4.69) is 5.32 Å². The van der Waals surface area contributed by atoms with Crippen LogP contribution in [-0.2, 0) is 32.3 Å². The highest BCUT2D eigenvalue weighted by Crippen LogP contribution is 2.33. The molecule has 7 nitrogen and oxygen atoms in total. The third kappa shape index (κ3) is 8.59. The van der Waals surface area contributed by atoms with Gasteiger partial charge in [0.25, 0.3) is 10.0 Å². The predicted octanol–water partition coefficient (Wildman–Crippen LogP) is 6.24. The van der Waals surface area contributed by atoms with Crippen molar-refractivity contribution in [2.45, 2.75) is 77.2 Å². The molecule has 0 saturated carbocycles. The summed E-state index contributed by atoms with van der Waals surface area (Å²) in [6, 6.07) is 15.9. The molecule has 0 heterocycles. The molecule has 3 aromatic carbocycles. The molecule has 0 fully saturated rings. The lowest BCUT2D eigenvalue weighted by atomic mass is 10.1. The van der Waals surface area contributed by atoms with Gasteiger partial charge in [-0.3, -0.25) is 13.9 Å². The van der Waals surface area contributed by atoms with Gasteiger partial charge in [-0.25, -0.2) is 8.42 Å². The van der Waals surface area contributed by atoms with Gasteiger partial charge in [0.15, 0.2) is 0 Å². The first kappa shape index (κ1) is 33.6. The summed E-state index contributed by atoms with van der Waals surface area (Å²) in [4.78, 5) is 28.6. The van der Waals surface area contributed by atoms with Crippen LogP contribution in [0.4, 0.5) is 18.9 Å². The number of nitrogens with zero attached hydrogens (tertiary/aromatic N) is 2. The number of hydrogen-bond donors (Lipinski definition) is 1. The lowest BCUT2D eigenvalue weighted by Gasteiger charge is -2.34. The number of nitrogens with one attached hydrogen (secondary N) is 1. The Bertz CT molecular complexity index is 1530. The van der Waals surface area contributed by atoms with Gasteiger partial charge in [0, 0.05) is 12.6 Å². The Morgan fingerprint density at radius 3 is 2.12 bits per heavy atom. The van der Waals surface area contributed by atoms with Crippen molar-refractivity contribution in [2.24, 2.45) is 0 Å². The van der Waals surface area contributed by atoms with Crippen LogP contribution in [0.25, 0.3) is 0 Å². The van der Waals surface area contributed by atoms with Crippen molar-refractivity contribution in [2.75, 3.05) is 10.8 Å². The average molecular weight is 618 g/mol. The molecule has 11 heteroatoms. The van der Waals surface area contributed by atoms with Crippen LogP contribution in [0.5, 0.6) is 0 Å². The van der Waals surface area contributed by atoms with Gasteiger partial charge in [-0.05, 0) is 69.5 Å². The highest BCUT2D eigenvalue weighted by Gasteiger charge is 2.36. The van der Waals surface area contributed by atoms with E-state index in [-0.39, 0.29) is 29.6 Å². The zero-order valence-electron chi connectivity index (χ0n) is 25.0. The zero-order valence-corrected chi connectivity index (χ0v) is 25.8. The van der Waals surface area contributed by atoms with E-state index < -0.39 is 46.2 Å². The van der Waals surface area contributed by atoms with Crippen LogP contribution in [0.2, 0.25) is 0 Å². The maximum absolute atomic E-state index is 14.1. The molecule has 0 aromatic heterocycles. The summed E-state index contributed by atoms with van der Waals surface area (Å²) < 4.78 is 69.5. The smallest absolute Gasteiger partial charge is 0.352 e. The van der Waals surface area contributed by atoms with Crippen LogP contribution in [0.1, 0.15) is 55.9 Å². The molecule has 3 rings (SSSR count). The van der Waals surface area contributed by atoms with Crippen molar-refractivity contribution in [1.29, 1.82) is 0 Å². The fourth-order valence-electron chi connectivity index (χ4n) is 4.57. The quantitative estimate of drug-likeness (QED) is 0.261. The zero-order chi connectivity index (χ0) is 31.9. The number of sulfonamides is 1. The minimum atomic E-state index is -4.74. The van der Waals surface area contributed by atoms with Crippen LogP contribution >= 0.6 is 0 Å². The molecule has 0 spiro atoms. The Morgan fingerprint density at radius 2 is 1.53 bits per heavy atom. The number of benzene rings is 3. The van der Waals surface area contributed by atoms with Gasteiger partial charge in [-0.15, -0.1) is 0 Å². The highest BCUT2D eigenvalue weighted by atomic mass is 32.2. The van der Waals surface area contributed by atoms with Crippen LogP contribution in [-0.4, -0.2) is 43.8 Å². The number of hydrogen-bond acceptors (Lipinski definition) is 4. The van der Waals surface area contributed by atoms with Crippen molar-refractivity contribution in [3.63, 3.8) is 0 Å². The normalized spacial score (nSPS) is 13.2. The molecule has 0 radical (unpaired) electrons. The van der Waals surface area contributed by atoms with Crippen molar-refractivity contribution in [3.05, 3.63) is 95.1 Å². The summed E-state index contributed by atoms with van der Waals surface area (Å²) in [6.07, 6.45) is -3.85. The van der Waals surface area contributed by atoms with Gasteiger partial charge in [-0.1, -0.05) is 67.4 Å². The van der Waals surface area contributed by atoms with E-state index in [9.17, 15) is 31.2 Å². The van der Waals surface area contributed by atoms with E-state index in [0.29, 0.717) is 16.8 Å². The van der Waals surface area contributed by atoms with E-state index in [1.807, 2.05) is 39.0 Å². The Morgan fingerprint density at radius 1 is 0.884 bits per heavy atom. The average Bonchev–Trinajstić information content (AvgIpc) is 2.95.